The maximum atomic E-state index is 4.32. The van der Waals surface area contributed by atoms with Gasteiger partial charge in [-0.25, -0.2) is 4.98 Å². The molecule has 1 aromatic heterocycles. The van der Waals surface area contributed by atoms with Crippen LogP contribution in [0.4, 0.5) is 0 Å². The predicted molar refractivity (Wildman–Crippen MR) is 51.2 cm³/mol. The Balaban J connectivity index is 2.64. The maximum Gasteiger partial charge on any atom is 0.106 e. The number of imidazole rings is 1. The summed E-state index contributed by atoms with van der Waals surface area (Å²) in [5.74, 6) is 2.35. The second-order valence-corrected chi connectivity index (χ2v) is 4.04. The van der Waals surface area contributed by atoms with Gasteiger partial charge >= 0.3 is 0 Å². The summed E-state index contributed by atoms with van der Waals surface area (Å²) in [4.78, 5) is 7.65. The van der Waals surface area contributed by atoms with Gasteiger partial charge in [0.2, 0.25) is 0 Å². The van der Waals surface area contributed by atoms with Gasteiger partial charge in [-0.1, -0.05) is 27.7 Å². The molecular formula is C10H18N2. The molecule has 0 bridgehead atoms. The number of nitrogens with one attached hydrogen (secondary N) is 1. The Morgan fingerprint density at radius 3 is 2.42 bits per heavy atom. The third-order valence-electron chi connectivity index (χ3n) is 1.87. The van der Waals surface area contributed by atoms with Crippen LogP contribution in [0.25, 0.3) is 0 Å². The molecule has 0 radical (unpaired) electrons. The number of aromatic amines is 1. The van der Waals surface area contributed by atoms with E-state index >= 15 is 0 Å². The Kier molecular flexibility index (Phi) is 2.90. The summed E-state index contributed by atoms with van der Waals surface area (Å²) in [7, 11) is 0. The SMILES string of the molecule is CC(C)Cc1ncc(C(C)C)[nH]1. The van der Waals surface area contributed by atoms with Crippen LogP contribution in [0.3, 0.4) is 0 Å². The van der Waals surface area contributed by atoms with Crippen LogP contribution in [-0.2, 0) is 6.42 Å². The van der Waals surface area contributed by atoms with Crippen molar-refractivity contribution in [2.75, 3.05) is 0 Å². The van der Waals surface area contributed by atoms with Crippen molar-refractivity contribution in [1.82, 2.24) is 9.97 Å². The minimum absolute atomic E-state index is 0.554. The molecule has 0 fully saturated rings. The molecule has 0 atom stereocenters. The number of rotatable bonds is 3. The Labute approximate surface area is 74.4 Å². The number of hydrogen-bond donors (Lipinski definition) is 1. The Bertz CT molecular complexity index is 236. The van der Waals surface area contributed by atoms with Gasteiger partial charge in [0, 0.05) is 18.3 Å². The Morgan fingerprint density at radius 1 is 1.33 bits per heavy atom. The molecule has 0 aliphatic rings. The monoisotopic (exact) mass is 166 g/mol. The van der Waals surface area contributed by atoms with Crippen LogP contribution >= 0.6 is 0 Å². The Hall–Kier alpha value is -0.790. The first kappa shape index (κ1) is 9.30. The fourth-order valence-corrected chi connectivity index (χ4v) is 1.16. The fourth-order valence-electron chi connectivity index (χ4n) is 1.16. The lowest BCUT2D eigenvalue weighted by molar-refractivity contribution is 0.623. The summed E-state index contributed by atoms with van der Waals surface area (Å²) in [5, 5.41) is 0. The van der Waals surface area contributed by atoms with E-state index in [-0.39, 0.29) is 0 Å². The zero-order valence-electron chi connectivity index (χ0n) is 8.39. The molecule has 12 heavy (non-hydrogen) atoms. The first-order valence-electron chi connectivity index (χ1n) is 4.63. The lowest BCUT2D eigenvalue weighted by Gasteiger charge is -2.01. The molecule has 1 aromatic rings. The van der Waals surface area contributed by atoms with Crippen LogP contribution in [0.5, 0.6) is 0 Å². The first-order chi connectivity index (χ1) is 5.59. The van der Waals surface area contributed by atoms with Crippen LogP contribution in [0.2, 0.25) is 0 Å². The minimum Gasteiger partial charge on any atom is -0.346 e. The van der Waals surface area contributed by atoms with E-state index in [1.54, 1.807) is 0 Å². The van der Waals surface area contributed by atoms with Crippen molar-refractivity contribution < 1.29 is 0 Å². The molecule has 0 spiro atoms. The van der Waals surface area contributed by atoms with Gasteiger partial charge < -0.3 is 4.98 Å². The van der Waals surface area contributed by atoms with E-state index in [1.165, 1.54) is 5.69 Å². The van der Waals surface area contributed by atoms with Crippen LogP contribution < -0.4 is 0 Å². The molecule has 2 heteroatoms. The highest BCUT2D eigenvalue weighted by atomic mass is 14.9. The predicted octanol–water partition coefficient (Wildman–Crippen LogP) is 2.73. The van der Waals surface area contributed by atoms with E-state index in [9.17, 15) is 0 Å². The van der Waals surface area contributed by atoms with Gasteiger partial charge in [0.15, 0.2) is 0 Å². The summed E-state index contributed by atoms with van der Waals surface area (Å²) < 4.78 is 0. The topological polar surface area (TPSA) is 28.7 Å². The standard InChI is InChI=1S/C10H18N2/c1-7(2)5-10-11-6-9(12-10)8(3)4/h6-8H,5H2,1-4H3,(H,11,12). The molecule has 0 saturated carbocycles. The van der Waals surface area contributed by atoms with Gasteiger partial charge in [0.25, 0.3) is 0 Å². The van der Waals surface area contributed by atoms with Crippen LogP contribution in [-0.4, -0.2) is 9.97 Å². The number of nitrogens with zero attached hydrogens (tertiary/aromatic N) is 1. The minimum atomic E-state index is 0.554. The van der Waals surface area contributed by atoms with E-state index < -0.39 is 0 Å². The van der Waals surface area contributed by atoms with E-state index in [1.807, 2.05) is 6.20 Å². The summed E-state index contributed by atoms with van der Waals surface area (Å²) in [6.07, 6.45) is 3.00. The number of H-pyrrole nitrogens is 1. The average Bonchev–Trinajstić information content (AvgIpc) is 2.34. The zero-order chi connectivity index (χ0) is 9.14. The highest BCUT2D eigenvalue weighted by Crippen LogP contribution is 2.12. The highest BCUT2D eigenvalue weighted by molar-refractivity contribution is 5.05. The summed E-state index contributed by atoms with van der Waals surface area (Å²) in [5.41, 5.74) is 1.24. The number of hydrogen-bond acceptors (Lipinski definition) is 1. The van der Waals surface area contributed by atoms with Gasteiger partial charge in [-0.2, -0.15) is 0 Å². The van der Waals surface area contributed by atoms with E-state index in [4.69, 9.17) is 0 Å². The van der Waals surface area contributed by atoms with E-state index in [0.717, 1.165) is 12.2 Å². The molecule has 68 valence electrons. The maximum absolute atomic E-state index is 4.32. The summed E-state index contributed by atoms with van der Waals surface area (Å²) in [6, 6.07) is 0. The second kappa shape index (κ2) is 3.74. The van der Waals surface area contributed by atoms with Crippen LogP contribution in [0, 0.1) is 5.92 Å². The van der Waals surface area contributed by atoms with Gasteiger partial charge in [-0.05, 0) is 11.8 Å². The van der Waals surface area contributed by atoms with Crippen molar-refractivity contribution in [3.63, 3.8) is 0 Å². The Morgan fingerprint density at radius 2 is 2.00 bits per heavy atom. The van der Waals surface area contributed by atoms with Crippen LogP contribution in [0.1, 0.15) is 45.1 Å². The number of aromatic nitrogens is 2. The first-order valence-corrected chi connectivity index (χ1v) is 4.63. The molecular weight excluding hydrogens is 148 g/mol. The van der Waals surface area contributed by atoms with Crippen molar-refractivity contribution in [1.29, 1.82) is 0 Å². The molecule has 0 amide bonds. The largest absolute Gasteiger partial charge is 0.346 e. The van der Waals surface area contributed by atoms with Gasteiger partial charge in [-0.15, -0.1) is 0 Å². The molecule has 0 unspecified atom stereocenters. The third-order valence-corrected chi connectivity index (χ3v) is 1.87. The van der Waals surface area contributed by atoms with Gasteiger partial charge in [-0.3, -0.25) is 0 Å². The molecule has 1 N–H and O–H groups in total. The van der Waals surface area contributed by atoms with Crippen molar-refractivity contribution in [3.8, 4) is 0 Å². The van der Waals surface area contributed by atoms with Gasteiger partial charge in [0.1, 0.15) is 5.82 Å². The molecule has 0 aromatic carbocycles. The van der Waals surface area contributed by atoms with Crippen molar-refractivity contribution >= 4 is 0 Å². The smallest absolute Gasteiger partial charge is 0.106 e. The molecule has 1 rings (SSSR count). The van der Waals surface area contributed by atoms with Gasteiger partial charge in [0.05, 0.1) is 0 Å². The van der Waals surface area contributed by atoms with Crippen molar-refractivity contribution in [2.45, 2.75) is 40.0 Å². The summed E-state index contributed by atoms with van der Waals surface area (Å²) in [6.45, 7) is 8.76. The molecule has 1 heterocycles. The lowest BCUT2D eigenvalue weighted by Crippen LogP contribution is -1.96. The molecule has 0 aliphatic carbocycles. The fraction of sp³-hybridized carbons (Fsp3) is 0.700. The molecule has 0 saturated heterocycles. The average molecular weight is 166 g/mol. The molecule has 0 aliphatic heterocycles. The normalized spacial score (nSPS) is 11.5. The second-order valence-electron chi connectivity index (χ2n) is 4.04. The van der Waals surface area contributed by atoms with Crippen LogP contribution in [0.15, 0.2) is 6.20 Å². The highest BCUT2D eigenvalue weighted by Gasteiger charge is 2.05. The van der Waals surface area contributed by atoms with E-state index in [2.05, 4.69) is 37.7 Å². The quantitative estimate of drug-likeness (QED) is 0.734. The third kappa shape index (κ3) is 2.36. The summed E-state index contributed by atoms with van der Waals surface area (Å²) >= 11 is 0. The lowest BCUT2D eigenvalue weighted by atomic mass is 10.1. The van der Waals surface area contributed by atoms with E-state index in [0.29, 0.717) is 11.8 Å². The van der Waals surface area contributed by atoms with Crippen molar-refractivity contribution in [2.24, 2.45) is 5.92 Å². The zero-order valence-corrected chi connectivity index (χ0v) is 8.39. The molecule has 2 nitrogen and oxygen atoms in total. The van der Waals surface area contributed by atoms with Crippen molar-refractivity contribution in [3.05, 3.63) is 17.7 Å².